The lowest BCUT2D eigenvalue weighted by Crippen LogP contribution is -2.11. The van der Waals surface area contributed by atoms with E-state index >= 15 is 0 Å². The third kappa shape index (κ3) is 4.10. The molecule has 0 aliphatic heterocycles. The summed E-state index contributed by atoms with van der Waals surface area (Å²) in [4.78, 5) is 4.24. The van der Waals surface area contributed by atoms with E-state index in [0.29, 0.717) is 21.7 Å². The minimum atomic E-state index is 0.464. The quantitative estimate of drug-likeness (QED) is 0.894. The van der Waals surface area contributed by atoms with E-state index in [2.05, 4.69) is 17.2 Å². The van der Waals surface area contributed by atoms with E-state index in [0.717, 1.165) is 18.7 Å². The van der Waals surface area contributed by atoms with Gasteiger partial charge >= 0.3 is 0 Å². The average Bonchev–Trinajstić information content (AvgIpc) is 2.41. The number of benzene rings is 1. The molecule has 0 amide bonds. The second-order valence-corrected chi connectivity index (χ2v) is 4.81. The summed E-state index contributed by atoms with van der Waals surface area (Å²) in [6.07, 6.45) is 1.78. The molecule has 0 saturated carbocycles. The number of pyridine rings is 1. The molecular formula is C14H14Cl2N2O. The molecule has 0 saturated heterocycles. The number of aromatic nitrogens is 1. The first kappa shape index (κ1) is 14.1. The number of hydrogen-bond donors (Lipinski definition) is 1. The number of nitrogens with zero attached hydrogens (tertiary/aromatic N) is 1. The van der Waals surface area contributed by atoms with Crippen LogP contribution in [0, 0.1) is 0 Å². The Morgan fingerprint density at radius 3 is 2.68 bits per heavy atom. The first-order valence-corrected chi connectivity index (χ1v) is 6.73. The summed E-state index contributed by atoms with van der Waals surface area (Å²) in [6, 6.07) is 8.87. The second kappa shape index (κ2) is 6.75. The van der Waals surface area contributed by atoms with Gasteiger partial charge in [0.05, 0.1) is 5.02 Å². The van der Waals surface area contributed by atoms with E-state index in [1.807, 2.05) is 12.1 Å². The molecule has 0 bridgehead atoms. The van der Waals surface area contributed by atoms with Crippen LogP contribution in [0.25, 0.3) is 0 Å². The predicted octanol–water partition coefficient (Wildman–Crippen LogP) is 4.29. The molecule has 0 atom stereocenters. The Morgan fingerprint density at radius 2 is 2.05 bits per heavy atom. The van der Waals surface area contributed by atoms with Crippen molar-refractivity contribution in [2.75, 3.05) is 6.54 Å². The number of nitrogens with one attached hydrogen (secondary N) is 1. The highest BCUT2D eigenvalue weighted by atomic mass is 35.5. The number of hydrogen-bond acceptors (Lipinski definition) is 3. The smallest absolute Gasteiger partial charge is 0.219 e. The van der Waals surface area contributed by atoms with Gasteiger partial charge in [-0.05, 0) is 30.3 Å². The highest BCUT2D eigenvalue weighted by Gasteiger charge is 2.04. The van der Waals surface area contributed by atoms with Crippen molar-refractivity contribution < 1.29 is 4.74 Å². The van der Waals surface area contributed by atoms with Crippen molar-refractivity contribution in [2.24, 2.45) is 0 Å². The molecule has 0 radical (unpaired) electrons. The summed E-state index contributed by atoms with van der Waals surface area (Å²) in [6.45, 7) is 3.79. The summed E-state index contributed by atoms with van der Waals surface area (Å²) >= 11 is 11.9. The van der Waals surface area contributed by atoms with Gasteiger partial charge in [-0.2, -0.15) is 0 Å². The molecule has 0 aliphatic carbocycles. The maximum absolute atomic E-state index is 6.03. The number of rotatable bonds is 5. The van der Waals surface area contributed by atoms with Crippen LogP contribution in [-0.4, -0.2) is 11.5 Å². The van der Waals surface area contributed by atoms with Crippen LogP contribution in [0.15, 0.2) is 36.5 Å². The second-order valence-electron chi connectivity index (χ2n) is 3.96. The average molecular weight is 297 g/mol. The van der Waals surface area contributed by atoms with Crippen LogP contribution in [0.4, 0.5) is 0 Å². The highest BCUT2D eigenvalue weighted by molar-refractivity contribution is 6.35. The molecular weight excluding hydrogens is 283 g/mol. The zero-order chi connectivity index (χ0) is 13.7. The molecule has 5 heteroatoms. The van der Waals surface area contributed by atoms with Crippen molar-refractivity contribution in [2.45, 2.75) is 13.5 Å². The molecule has 2 rings (SSSR count). The van der Waals surface area contributed by atoms with Crippen LogP contribution < -0.4 is 10.1 Å². The Labute approximate surface area is 122 Å². The molecule has 0 spiro atoms. The highest BCUT2D eigenvalue weighted by Crippen LogP contribution is 2.30. The van der Waals surface area contributed by atoms with E-state index in [-0.39, 0.29) is 0 Å². The van der Waals surface area contributed by atoms with E-state index in [1.54, 1.807) is 24.4 Å². The minimum Gasteiger partial charge on any atom is -0.437 e. The molecule has 1 aromatic heterocycles. The molecule has 1 N–H and O–H groups in total. The van der Waals surface area contributed by atoms with E-state index in [1.165, 1.54) is 0 Å². The van der Waals surface area contributed by atoms with Crippen molar-refractivity contribution >= 4 is 23.2 Å². The van der Waals surface area contributed by atoms with Gasteiger partial charge in [0, 0.05) is 23.8 Å². The Hall–Kier alpha value is -1.29. The van der Waals surface area contributed by atoms with Crippen LogP contribution in [0.3, 0.4) is 0 Å². The Kier molecular flexibility index (Phi) is 5.02. The van der Waals surface area contributed by atoms with Gasteiger partial charge in [0.2, 0.25) is 5.88 Å². The van der Waals surface area contributed by atoms with Gasteiger partial charge in [-0.25, -0.2) is 4.98 Å². The van der Waals surface area contributed by atoms with Crippen molar-refractivity contribution in [3.8, 4) is 11.6 Å². The summed E-state index contributed by atoms with van der Waals surface area (Å²) < 4.78 is 5.60. The first-order valence-electron chi connectivity index (χ1n) is 5.97. The van der Waals surface area contributed by atoms with Crippen molar-refractivity contribution in [3.05, 3.63) is 52.1 Å². The first-order chi connectivity index (χ1) is 9.19. The van der Waals surface area contributed by atoms with E-state index in [9.17, 15) is 0 Å². The molecule has 0 aliphatic rings. The topological polar surface area (TPSA) is 34.1 Å². The van der Waals surface area contributed by atoms with Crippen molar-refractivity contribution in [1.82, 2.24) is 10.3 Å². The molecule has 1 heterocycles. The van der Waals surface area contributed by atoms with Gasteiger partial charge in [0.1, 0.15) is 5.75 Å². The van der Waals surface area contributed by atoms with E-state index < -0.39 is 0 Å². The predicted molar refractivity (Wildman–Crippen MR) is 78.2 cm³/mol. The van der Waals surface area contributed by atoms with Gasteiger partial charge in [0.25, 0.3) is 0 Å². The fourth-order valence-corrected chi connectivity index (χ4v) is 1.96. The van der Waals surface area contributed by atoms with Crippen LogP contribution in [0.2, 0.25) is 10.0 Å². The third-order valence-corrected chi connectivity index (χ3v) is 3.02. The minimum absolute atomic E-state index is 0.464. The number of ether oxygens (including phenoxy) is 1. The summed E-state index contributed by atoms with van der Waals surface area (Å²) in [5.74, 6) is 1.04. The normalized spacial score (nSPS) is 10.5. The lowest BCUT2D eigenvalue weighted by molar-refractivity contribution is 0.462. The molecule has 3 nitrogen and oxygen atoms in total. The van der Waals surface area contributed by atoms with E-state index in [4.69, 9.17) is 27.9 Å². The lowest BCUT2D eigenvalue weighted by atomic mass is 10.3. The van der Waals surface area contributed by atoms with Gasteiger partial charge in [-0.1, -0.05) is 36.2 Å². The third-order valence-electron chi connectivity index (χ3n) is 2.49. The molecule has 100 valence electrons. The summed E-state index contributed by atoms with van der Waals surface area (Å²) in [7, 11) is 0. The lowest BCUT2D eigenvalue weighted by Gasteiger charge is -2.07. The Balaban J connectivity index is 2.06. The van der Waals surface area contributed by atoms with Crippen molar-refractivity contribution in [3.63, 3.8) is 0 Å². The zero-order valence-electron chi connectivity index (χ0n) is 10.5. The monoisotopic (exact) mass is 296 g/mol. The number of halogens is 2. The molecule has 19 heavy (non-hydrogen) atoms. The van der Waals surface area contributed by atoms with Gasteiger partial charge in [0.15, 0.2) is 0 Å². The zero-order valence-corrected chi connectivity index (χ0v) is 12.0. The fraction of sp³-hybridized carbons (Fsp3) is 0.214. The maximum Gasteiger partial charge on any atom is 0.219 e. The van der Waals surface area contributed by atoms with Crippen LogP contribution in [0.5, 0.6) is 11.6 Å². The van der Waals surface area contributed by atoms with Gasteiger partial charge in [-0.3, -0.25) is 0 Å². The summed E-state index contributed by atoms with van der Waals surface area (Å²) in [5, 5.41) is 4.27. The maximum atomic E-state index is 6.03. The molecule has 2 aromatic rings. The fourth-order valence-electron chi connectivity index (χ4n) is 1.52. The molecule has 0 fully saturated rings. The standard InChI is InChI=1S/C14H14Cl2N2O/c1-2-17-8-10-3-6-14(18-9-10)19-13-5-4-11(15)7-12(13)16/h3-7,9,17H,2,8H2,1H3. The van der Waals surface area contributed by atoms with Gasteiger partial charge in [-0.15, -0.1) is 0 Å². The largest absolute Gasteiger partial charge is 0.437 e. The molecule has 1 aromatic carbocycles. The Morgan fingerprint density at radius 1 is 1.21 bits per heavy atom. The van der Waals surface area contributed by atoms with Gasteiger partial charge < -0.3 is 10.1 Å². The van der Waals surface area contributed by atoms with Crippen LogP contribution >= 0.6 is 23.2 Å². The van der Waals surface area contributed by atoms with Crippen LogP contribution in [-0.2, 0) is 6.54 Å². The SMILES string of the molecule is CCNCc1ccc(Oc2ccc(Cl)cc2Cl)nc1. The van der Waals surface area contributed by atoms with Crippen LogP contribution in [0.1, 0.15) is 12.5 Å². The van der Waals surface area contributed by atoms with Crippen molar-refractivity contribution in [1.29, 1.82) is 0 Å². The Bertz CT molecular complexity index is 544. The summed E-state index contributed by atoms with van der Waals surface area (Å²) in [5.41, 5.74) is 1.11. The molecule has 0 unspecified atom stereocenters.